The highest BCUT2D eigenvalue weighted by molar-refractivity contribution is 5.18. The summed E-state index contributed by atoms with van der Waals surface area (Å²) in [7, 11) is 1.85. The first-order valence-corrected chi connectivity index (χ1v) is 8.27. The summed E-state index contributed by atoms with van der Waals surface area (Å²) in [4.78, 5) is 0. The molecule has 0 N–H and O–H groups in total. The highest BCUT2D eigenvalue weighted by atomic mass is 16.6. The van der Waals surface area contributed by atoms with Gasteiger partial charge < -0.3 is 14.2 Å². The SMILES string of the molecule is CO[C@@H]1C(C)CC[C@]2(CO2)[C@H]1[C@]1(C)O[C@@H]1CCC(C)C. The Kier molecular flexibility index (Phi) is 3.67. The molecule has 6 atom stereocenters. The van der Waals surface area contributed by atoms with Crippen molar-refractivity contribution in [3.63, 3.8) is 0 Å². The smallest absolute Gasteiger partial charge is 0.100 e. The average Bonchev–Trinajstić information content (AvgIpc) is 3.29. The number of hydrogen-bond acceptors (Lipinski definition) is 3. The molecule has 0 aromatic rings. The molecule has 3 heteroatoms. The summed E-state index contributed by atoms with van der Waals surface area (Å²) in [5.41, 5.74) is 0.0370. The number of hydrogen-bond donors (Lipinski definition) is 0. The van der Waals surface area contributed by atoms with Crippen LogP contribution in [-0.2, 0) is 14.2 Å². The normalized spacial score (nSPS) is 50.7. The molecule has 3 nitrogen and oxygen atoms in total. The van der Waals surface area contributed by atoms with Crippen LogP contribution in [-0.4, -0.2) is 37.1 Å². The van der Waals surface area contributed by atoms with E-state index in [1.807, 2.05) is 7.11 Å². The molecular formula is C17H30O3. The molecule has 0 bridgehead atoms. The number of ether oxygens (including phenoxy) is 3. The lowest BCUT2D eigenvalue weighted by Gasteiger charge is -2.42. The number of epoxide rings is 2. The number of rotatable bonds is 5. The Labute approximate surface area is 123 Å². The fraction of sp³-hybridized carbons (Fsp3) is 1.00. The quantitative estimate of drug-likeness (QED) is 0.725. The van der Waals surface area contributed by atoms with Crippen LogP contribution in [0.3, 0.4) is 0 Å². The van der Waals surface area contributed by atoms with Crippen LogP contribution >= 0.6 is 0 Å². The van der Waals surface area contributed by atoms with Crippen molar-refractivity contribution in [2.75, 3.05) is 13.7 Å². The summed E-state index contributed by atoms with van der Waals surface area (Å²) in [5.74, 6) is 1.76. The van der Waals surface area contributed by atoms with Crippen molar-refractivity contribution in [2.24, 2.45) is 17.8 Å². The molecule has 116 valence electrons. The summed E-state index contributed by atoms with van der Waals surface area (Å²) in [5, 5.41) is 0. The van der Waals surface area contributed by atoms with E-state index in [1.165, 1.54) is 25.7 Å². The summed E-state index contributed by atoms with van der Waals surface area (Å²) < 4.78 is 18.0. The molecule has 0 aromatic heterocycles. The van der Waals surface area contributed by atoms with E-state index in [-0.39, 0.29) is 17.3 Å². The molecule has 0 radical (unpaired) electrons. The lowest BCUT2D eigenvalue weighted by atomic mass is 9.66. The van der Waals surface area contributed by atoms with Gasteiger partial charge in [0.25, 0.3) is 0 Å². The van der Waals surface area contributed by atoms with Gasteiger partial charge in [-0.2, -0.15) is 0 Å². The molecular weight excluding hydrogens is 252 g/mol. The zero-order valence-electron chi connectivity index (χ0n) is 13.6. The van der Waals surface area contributed by atoms with Crippen molar-refractivity contribution in [1.29, 1.82) is 0 Å². The molecule has 1 spiro atoms. The van der Waals surface area contributed by atoms with E-state index in [0.717, 1.165) is 12.5 Å². The first-order valence-electron chi connectivity index (χ1n) is 8.27. The van der Waals surface area contributed by atoms with Gasteiger partial charge in [0.2, 0.25) is 0 Å². The molecule has 1 unspecified atom stereocenters. The van der Waals surface area contributed by atoms with Crippen molar-refractivity contribution in [3.05, 3.63) is 0 Å². The second-order valence-corrected chi connectivity index (χ2v) is 7.81. The molecule has 1 aliphatic carbocycles. The lowest BCUT2D eigenvalue weighted by Crippen LogP contribution is -2.52. The Morgan fingerprint density at radius 1 is 1.35 bits per heavy atom. The van der Waals surface area contributed by atoms with Gasteiger partial charge in [-0.25, -0.2) is 0 Å². The van der Waals surface area contributed by atoms with E-state index in [0.29, 0.717) is 17.9 Å². The maximum absolute atomic E-state index is 6.19. The van der Waals surface area contributed by atoms with Gasteiger partial charge >= 0.3 is 0 Å². The third kappa shape index (κ3) is 2.32. The molecule has 0 aromatic carbocycles. The van der Waals surface area contributed by atoms with Crippen LogP contribution in [0.15, 0.2) is 0 Å². The number of methoxy groups -OCH3 is 1. The van der Waals surface area contributed by atoms with E-state index in [9.17, 15) is 0 Å². The van der Waals surface area contributed by atoms with Crippen molar-refractivity contribution in [1.82, 2.24) is 0 Å². The predicted molar refractivity (Wildman–Crippen MR) is 78.7 cm³/mol. The van der Waals surface area contributed by atoms with Gasteiger partial charge in [0.05, 0.1) is 24.4 Å². The maximum atomic E-state index is 6.19. The maximum Gasteiger partial charge on any atom is 0.100 e. The van der Waals surface area contributed by atoms with Gasteiger partial charge in [0.15, 0.2) is 0 Å². The molecule has 3 rings (SSSR count). The summed E-state index contributed by atoms with van der Waals surface area (Å²) in [6.07, 6.45) is 5.48. The Balaban J connectivity index is 1.73. The molecule has 3 aliphatic rings. The van der Waals surface area contributed by atoms with Crippen molar-refractivity contribution >= 4 is 0 Å². The average molecular weight is 282 g/mol. The van der Waals surface area contributed by atoms with E-state index in [4.69, 9.17) is 14.2 Å². The molecule has 1 saturated carbocycles. The molecule has 0 amide bonds. The standard InChI is InChI=1S/C17H30O3/c1-11(2)6-7-13-16(4,20-13)15-14(18-5)12(3)8-9-17(15)10-19-17/h11-15H,6-10H2,1-5H3/t12?,13-,14-,15-,16-,17+/m1/s1. The van der Waals surface area contributed by atoms with Crippen LogP contribution in [0.2, 0.25) is 0 Å². The van der Waals surface area contributed by atoms with Crippen molar-refractivity contribution in [2.45, 2.75) is 76.8 Å². The third-order valence-corrected chi connectivity index (χ3v) is 5.87. The van der Waals surface area contributed by atoms with Gasteiger partial charge in [-0.05, 0) is 44.4 Å². The third-order valence-electron chi connectivity index (χ3n) is 5.87. The van der Waals surface area contributed by atoms with Crippen LogP contribution < -0.4 is 0 Å². The van der Waals surface area contributed by atoms with E-state index >= 15 is 0 Å². The lowest BCUT2D eigenvalue weighted by molar-refractivity contribution is -0.0776. The zero-order chi connectivity index (χ0) is 14.5. The predicted octanol–water partition coefficient (Wildman–Crippen LogP) is 3.41. The largest absolute Gasteiger partial charge is 0.381 e. The van der Waals surface area contributed by atoms with Gasteiger partial charge in [-0.1, -0.05) is 20.8 Å². The zero-order valence-corrected chi connectivity index (χ0v) is 13.6. The summed E-state index contributed by atoms with van der Waals surface area (Å²) >= 11 is 0. The Bertz CT molecular complexity index is 363. The van der Waals surface area contributed by atoms with Crippen LogP contribution in [0.4, 0.5) is 0 Å². The fourth-order valence-electron chi connectivity index (χ4n) is 4.43. The monoisotopic (exact) mass is 282 g/mol. The minimum absolute atomic E-state index is 0.0270. The van der Waals surface area contributed by atoms with Gasteiger partial charge in [-0.15, -0.1) is 0 Å². The second kappa shape index (κ2) is 4.96. The molecule has 2 heterocycles. The Morgan fingerprint density at radius 3 is 2.60 bits per heavy atom. The first-order chi connectivity index (χ1) is 9.43. The Morgan fingerprint density at radius 2 is 2.05 bits per heavy atom. The summed E-state index contributed by atoms with van der Waals surface area (Å²) in [6, 6.07) is 0. The van der Waals surface area contributed by atoms with E-state index < -0.39 is 0 Å². The molecule has 20 heavy (non-hydrogen) atoms. The van der Waals surface area contributed by atoms with Crippen LogP contribution in [0.25, 0.3) is 0 Å². The minimum Gasteiger partial charge on any atom is -0.381 e. The van der Waals surface area contributed by atoms with E-state index in [2.05, 4.69) is 27.7 Å². The van der Waals surface area contributed by atoms with Crippen LogP contribution in [0.5, 0.6) is 0 Å². The Hall–Kier alpha value is -0.120. The summed E-state index contributed by atoms with van der Waals surface area (Å²) in [6.45, 7) is 10.1. The fourth-order valence-corrected chi connectivity index (χ4v) is 4.43. The second-order valence-electron chi connectivity index (χ2n) is 7.81. The molecule has 2 aliphatic heterocycles. The van der Waals surface area contributed by atoms with Crippen molar-refractivity contribution < 1.29 is 14.2 Å². The van der Waals surface area contributed by atoms with Crippen molar-refractivity contribution in [3.8, 4) is 0 Å². The van der Waals surface area contributed by atoms with Gasteiger partial charge in [-0.3, -0.25) is 0 Å². The van der Waals surface area contributed by atoms with E-state index in [1.54, 1.807) is 0 Å². The minimum atomic E-state index is -0.0270. The van der Waals surface area contributed by atoms with Crippen LogP contribution in [0.1, 0.15) is 53.4 Å². The highest BCUT2D eigenvalue weighted by Crippen LogP contribution is 2.60. The van der Waals surface area contributed by atoms with Crippen LogP contribution in [0, 0.1) is 17.8 Å². The van der Waals surface area contributed by atoms with Gasteiger partial charge in [0, 0.05) is 13.0 Å². The van der Waals surface area contributed by atoms with Gasteiger partial charge in [0.1, 0.15) is 5.60 Å². The first kappa shape index (κ1) is 14.8. The topological polar surface area (TPSA) is 34.3 Å². The highest BCUT2D eigenvalue weighted by Gasteiger charge is 2.71. The molecule has 2 saturated heterocycles. The molecule has 3 fully saturated rings.